The van der Waals surface area contributed by atoms with Gasteiger partial charge in [-0.1, -0.05) is 17.7 Å². The molecule has 1 aromatic rings. The summed E-state index contributed by atoms with van der Waals surface area (Å²) >= 11 is 7.49. The second-order valence-electron chi connectivity index (χ2n) is 5.50. The minimum absolute atomic E-state index is 0. The third-order valence-corrected chi connectivity index (χ3v) is 5.12. The van der Waals surface area contributed by atoms with E-state index >= 15 is 0 Å². The fraction of sp³-hybridized carbons (Fsp3) is 0.562. The lowest BCUT2D eigenvalue weighted by atomic mass is 9.93. The Kier molecular flexibility index (Phi) is 9.10. The van der Waals surface area contributed by atoms with Crippen molar-refractivity contribution >= 4 is 41.3 Å². The van der Waals surface area contributed by atoms with Crippen LogP contribution in [0.4, 0.5) is 0 Å². The van der Waals surface area contributed by atoms with Crippen LogP contribution in [-0.2, 0) is 11.3 Å². The Morgan fingerprint density at radius 3 is 2.77 bits per heavy atom. The molecule has 0 atom stereocenters. The van der Waals surface area contributed by atoms with E-state index in [0.717, 1.165) is 28.7 Å². The van der Waals surface area contributed by atoms with E-state index in [2.05, 4.69) is 11.9 Å². The lowest BCUT2D eigenvalue weighted by Gasteiger charge is -2.24. The number of nitrogens with one attached hydrogen (secondary N) is 1. The van der Waals surface area contributed by atoms with Crippen molar-refractivity contribution in [3.8, 4) is 0 Å². The fourth-order valence-electron chi connectivity index (χ4n) is 2.69. The molecule has 0 bridgehead atoms. The number of piperidine rings is 1. The van der Waals surface area contributed by atoms with Crippen molar-refractivity contribution in [3.05, 3.63) is 34.0 Å². The Morgan fingerprint density at radius 2 is 2.18 bits per heavy atom. The molecule has 0 radical (unpaired) electrons. The molecule has 124 valence electrons. The lowest BCUT2D eigenvalue weighted by Crippen LogP contribution is -2.32. The summed E-state index contributed by atoms with van der Waals surface area (Å²) in [4.78, 5) is 15.4. The molecule has 1 aliphatic rings. The summed E-state index contributed by atoms with van der Waals surface area (Å²) in [6.45, 7) is 7.16. The van der Waals surface area contributed by atoms with Crippen molar-refractivity contribution in [1.29, 1.82) is 0 Å². The Morgan fingerprint density at radius 1 is 1.45 bits per heavy atom. The van der Waals surface area contributed by atoms with E-state index in [1.54, 1.807) is 6.08 Å². The molecule has 1 amide bonds. The van der Waals surface area contributed by atoms with Gasteiger partial charge in [-0.25, -0.2) is 0 Å². The maximum Gasteiger partial charge on any atom is 0.223 e. The van der Waals surface area contributed by atoms with E-state index in [0.29, 0.717) is 25.4 Å². The Labute approximate surface area is 148 Å². The van der Waals surface area contributed by atoms with E-state index < -0.39 is 0 Å². The van der Waals surface area contributed by atoms with Crippen LogP contribution in [0.2, 0.25) is 4.34 Å². The molecule has 1 fully saturated rings. The van der Waals surface area contributed by atoms with Crippen LogP contribution < -0.4 is 5.32 Å². The number of rotatable bonds is 7. The van der Waals surface area contributed by atoms with Gasteiger partial charge in [0.15, 0.2) is 0 Å². The van der Waals surface area contributed by atoms with Crippen molar-refractivity contribution in [2.45, 2.75) is 32.2 Å². The SMILES string of the molecule is C=CCN(Cc1ccc(Cl)s1)C(=O)CCC1CCNCC1.Cl. The molecule has 1 saturated heterocycles. The first-order valence-electron chi connectivity index (χ1n) is 7.52. The zero-order valence-corrected chi connectivity index (χ0v) is 15.1. The molecule has 2 heterocycles. The number of nitrogens with zero attached hydrogens (tertiary/aromatic N) is 1. The van der Waals surface area contributed by atoms with Gasteiger partial charge in [0, 0.05) is 17.8 Å². The average molecular weight is 363 g/mol. The first-order valence-corrected chi connectivity index (χ1v) is 8.72. The highest BCUT2D eigenvalue weighted by Gasteiger charge is 2.18. The molecule has 1 aromatic heterocycles. The summed E-state index contributed by atoms with van der Waals surface area (Å²) < 4.78 is 0.769. The number of hydrogen-bond donors (Lipinski definition) is 1. The van der Waals surface area contributed by atoms with Crippen LogP contribution in [-0.4, -0.2) is 30.4 Å². The molecule has 1 N–H and O–H groups in total. The minimum Gasteiger partial charge on any atom is -0.334 e. The smallest absolute Gasteiger partial charge is 0.223 e. The summed E-state index contributed by atoms with van der Waals surface area (Å²) in [5, 5.41) is 3.36. The molecule has 0 saturated carbocycles. The molecule has 0 unspecified atom stereocenters. The standard InChI is InChI=1S/C16H23ClN2OS.ClH/c1-2-11-19(12-14-4-5-15(17)21-14)16(20)6-3-13-7-9-18-10-8-13;/h2,4-5,13,18H,1,3,6-12H2;1H. The highest BCUT2D eigenvalue weighted by Crippen LogP contribution is 2.24. The maximum atomic E-state index is 12.4. The van der Waals surface area contributed by atoms with Gasteiger partial charge in [0.25, 0.3) is 0 Å². The van der Waals surface area contributed by atoms with Gasteiger partial charge in [-0.2, -0.15) is 0 Å². The summed E-state index contributed by atoms with van der Waals surface area (Å²) in [5.41, 5.74) is 0. The predicted molar refractivity (Wildman–Crippen MR) is 97.0 cm³/mol. The zero-order valence-electron chi connectivity index (χ0n) is 12.7. The summed E-state index contributed by atoms with van der Waals surface area (Å²) in [5.74, 6) is 0.912. The summed E-state index contributed by atoms with van der Waals surface area (Å²) in [6.07, 6.45) is 5.80. The molecule has 0 spiro atoms. The predicted octanol–water partition coefficient (Wildman–Crippen LogP) is 4.12. The van der Waals surface area contributed by atoms with Gasteiger partial charge in [-0.3, -0.25) is 4.79 Å². The largest absolute Gasteiger partial charge is 0.334 e. The molecular formula is C16H24Cl2N2OS. The van der Waals surface area contributed by atoms with Crippen molar-refractivity contribution in [2.24, 2.45) is 5.92 Å². The number of carbonyl (C=O) groups is 1. The highest BCUT2D eigenvalue weighted by atomic mass is 35.5. The van der Waals surface area contributed by atoms with E-state index in [1.807, 2.05) is 17.0 Å². The van der Waals surface area contributed by atoms with Crippen LogP contribution in [0.5, 0.6) is 0 Å². The second kappa shape index (κ2) is 10.3. The van der Waals surface area contributed by atoms with Gasteiger partial charge < -0.3 is 10.2 Å². The lowest BCUT2D eigenvalue weighted by molar-refractivity contribution is -0.131. The highest BCUT2D eigenvalue weighted by molar-refractivity contribution is 7.16. The normalized spacial score (nSPS) is 15.1. The van der Waals surface area contributed by atoms with Crippen LogP contribution >= 0.6 is 35.3 Å². The van der Waals surface area contributed by atoms with Crippen LogP contribution in [0.1, 0.15) is 30.6 Å². The first kappa shape index (κ1) is 19.5. The number of carbonyl (C=O) groups excluding carboxylic acids is 1. The van der Waals surface area contributed by atoms with Gasteiger partial charge in [0.2, 0.25) is 5.91 Å². The zero-order chi connectivity index (χ0) is 15.1. The minimum atomic E-state index is 0. The Balaban J connectivity index is 0.00000242. The third kappa shape index (κ3) is 6.29. The van der Waals surface area contributed by atoms with E-state index in [-0.39, 0.29) is 18.3 Å². The number of thiophene rings is 1. The number of amides is 1. The van der Waals surface area contributed by atoms with Crippen molar-refractivity contribution in [1.82, 2.24) is 10.2 Å². The van der Waals surface area contributed by atoms with E-state index in [1.165, 1.54) is 24.2 Å². The van der Waals surface area contributed by atoms with E-state index in [4.69, 9.17) is 11.6 Å². The molecule has 1 aliphatic heterocycles. The van der Waals surface area contributed by atoms with Crippen LogP contribution in [0, 0.1) is 5.92 Å². The van der Waals surface area contributed by atoms with Crippen LogP contribution in [0.15, 0.2) is 24.8 Å². The molecule has 6 heteroatoms. The third-order valence-electron chi connectivity index (χ3n) is 3.90. The number of halogens is 2. The molecule has 3 nitrogen and oxygen atoms in total. The van der Waals surface area contributed by atoms with Gasteiger partial charge in [-0.15, -0.1) is 30.3 Å². The van der Waals surface area contributed by atoms with E-state index in [9.17, 15) is 4.79 Å². The second-order valence-corrected chi connectivity index (χ2v) is 7.30. The monoisotopic (exact) mass is 362 g/mol. The summed E-state index contributed by atoms with van der Waals surface area (Å²) in [7, 11) is 0. The summed E-state index contributed by atoms with van der Waals surface area (Å²) in [6, 6.07) is 3.87. The van der Waals surface area contributed by atoms with Crippen molar-refractivity contribution in [3.63, 3.8) is 0 Å². The van der Waals surface area contributed by atoms with Gasteiger partial charge in [-0.05, 0) is 50.4 Å². The van der Waals surface area contributed by atoms with Crippen molar-refractivity contribution < 1.29 is 4.79 Å². The molecule has 22 heavy (non-hydrogen) atoms. The quantitative estimate of drug-likeness (QED) is 0.739. The Bertz CT molecular complexity index is 472. The first-order chi connectivity index (χ1) is 10.2. The molecule has 2 rings (SSSR count). The average Bonchev–Trinajstić information content (AvgIpc) is 2.91. The number of hydrogen-bond acceptors (Lipinski definition) is 3. The topological polar surface area (TPSA) is 32.3 Å². The van der Waals surface area contributed by atoms with Gasteiger partial charge in [0.1, 0.15) is 0 Å². The Hall–Kier alpha value is -0.550. The van der Waals surface area contributed by atoms with Crippen LogP contribution in [0.3, 0.4) is 0 Å². The fourth-order valence-corrected chi connectivity index (χ4v) is 3.79. The maximum absolute atomic E-state index is 12.4. The van der Waals surface area contributed by atoms with Gasteiger partial charge >= 0.3 is 0 Å². The van der Waals surface area contributed by atoms with Crippen molar-refractivity contribution in [2.75, 3.05) is 19.6 Å². The molecule has 0 aromatic carbocycles. The molecule has 0 aliphatic carbocycles. The van der Waals surface area contributed by atoms with Gasteiger partial charge in [0.05, 0.1) is 10.9 Å². The molecular weight excluding hydrogens is 339 g/mol. The van der Waals surface area contributed by atoms with Crippen LogP contribution in [0.25, 0.3) is 0 Å².